The highest BCUT2D eigenvalue weighted by molar-refractivity contribution is 5.93. The quantitative estimate of drug-likeness (QED) is 0.839. The molecule has 2 aromatic rings. The Morgan fingerprint density at radius 1 is 1.19 bits per heavy atom. The minimum atomic E-state index is -0.611. The number of carbonyl (C=O) groups excluding carboxylic acids is 2. The van der Waals surface area contributed by atoms with Gasteiger partial charge in [-0.05, 0) is 50.7 Å². The third-order valence-corrected chi connectivity index (χ3v) is 6.54. The summed E-state index contributed by atoms with van der Waals surface area (Å²) in [5.41, 5.74) is 1.37. The molecule has 2 saturated heterocycles. The number of fused-ring (bicyclic) bond motifs is 1. The van der Waals surface area contributed by atoms with Crippen molar-refractivity contribution in [3.63, 3.8) is 0 Å². The molecule has 1 unspecified atom stereocenters. The van der Waals surface area contributed by atoms with Crippen molar-refractivity contribution in [1.82, 2.24) is 19.4 Å². The Morgan fingerprint density at radius 2 is 1.93 bits per heavy atom. The monoisotopic (exact) mass is 366 g/mol. The van der Waals surface area contributed by atoms with Crippen molar-refractivity contribution >= 4 is 22.8 Å². The number of likely N-dealkylation sites (N-methyl/N-ethyl adjacent to an activating group) is 1. The van der Waals surface area contributed by atoms with Crippen molar-refractivity contribution in [2.75, 3.05) is 20.1 Å². The summed E-state index contributed by atoms with van der Waals surface area (Å²) >= 11 is 0. The molecule has 3 heterocycles. The Hall–Kier alpha value is -2.37. The van der Waals surface area contributed by atoms with Crippen LogP contribution in [0.4, 0.5) is 0 Å². The SMILES string of the molecule is CN1CCCC2(CCCN2C(=O)Cn2c(C3CC3)nc3ccccc32)C1=O. The Kier molecular flexibility index (Phi) is 3.78. The lowest BCUT2D eigenvalue weighted by atomic mass is 9.85. The minimum absolute atomic E-state index is 0.0567. The predicted octanol–water partition coefficient (Wildman–Crippen LogP) is 2.53. The van der Waals surface area contributed by atoms with Crippen molar-refractivity contribution in [3.05, 3.63) is 30.1 Å². The molecule has 0 radical (unpaired) electrons. The molecule has 1 spiro atoms. The predicted molar refractivity (Wildman–Crippen MR) is 102 cm³/mol. The number of amides is 2. The van der Waals surface area contributed by atoms with Gasteiger partial charge in [0.25, 0.3) is 0 Å². The highest BCUT2D eigenvalue weighted by atomic mass is 16.2. The number of para-hydroxylation sites is 2. The van der Waals surface area contributed by atoms with E-state index in [0.29, 0.717) is 12.5 Å². The van der Waals surface area contributed by atoms with E-state index in [-0.39, 0.29) is 18.4 Å². The average Bonchev–Trinajstić information content (AvgIpc) is 3.33. The first-order valence-electron chi connectivity index (χ1n) is 10.1. The fourth-order valence-corrected chi connectivity index (χ4v) is 5.03. The van der Waals surface area contributed by atoms with Gasteiger partial charge in [-0.2, -0.15) is 0 Å². The van der Waals surface area contributed by atoms with Gasteiger partial charge < -0.3 is 14.4 Å². The minimum Gasteiger partial charge on any atom is -0.344 e. The van der Waals surface area contributed by atoms with Crippen molar-refractivity contribution in [2.24, 2.45) is 0 Å². The lowest BCUT2D eigenvalue weighted by molar-refractivity contribution is -0.154. The van der Waals surface area contributed by atoms with Crippen LogP contribution in [0.3, 0.4) is 0 Å². The number of aromatic nitrogens is 2. The fraction of sp³-hybridized carbons (Fsp3) is 0.571. The van der Waals surface area contributed by atoms with Gasteiger partial charge in [0.1, 0.15) is 17.9 Å². The molecule has 5 rings (SSSR count). The van der Waals surface area contributed by atoms with Gasteiger partial charge in [-0.3, -0.25) is 9.59 Å². The average molecular weight is 366 g/mol. The third kappa shape index (κ3) is 2.57. The van der Waals surface area contributed by atoms with Gasteiger partial charge in [0, 0.05) is 26.1 Å². The first kappa shape index (κ1) is 16.8. The molecule has 1 aromatic heterocycles. The van der Waals surface area contributed by atoms with Crippen molar-refractivity contribution < 1.29 is 9.59 Å². The molecule has 1 aromatic carbocycles. The summed E-state index contributed by atoms with van der Waals surface area (Å²) in [7, 11) is 1.86. The topological polar surface area (TPSA) is 58.4 Å². The summed E-state index contributed by atoms with van der Waals surface area (Å²) in [6.45, 7) is 1.76. The summed E-state index contributed by atoms with van der Waals surface area (Å²) < 4.78 is 2.10. The molecular formula is C21H26N4O2. The number of carbonyl (C=O) groups is 2. The van der Waals surface area contributed by atoms with E-state index in [1.165, 1.54) is 0 Å². The standard InChI is InChI=1S/C21H26N4O2/c1-23-12-4-10-21(20(23)27)11-5-13-25(21)18(26)14-24-17-7-3-2-6-16(17)22-19(24)15-8-9-15/h2-3,6-7,15H,4-5,8-14H2,1H3. The van der Waals surface area contributed by atoms with Crippen LogP contribution in [0, 0.1) is 0 Å². The molecule has 0 N–H and O–H groups in total. The summed E-state index contributed by atoms with van der Waals surface area (Å²) in [4.78, 5) is 34.9. The molecule has 3 fully saturated rings. The Balaban J connectivity index is 1.48. The van der Waals surface area contributed by atoms with Crippen LogP contribution in [0.1, 0.15) is 50.3 Å². The number of imidazole rings is 1. The molecule has 1 saturated carbocycles. The number of benzene rings is 1. The maximum atomic E-state index is 13.4. The maximum Gasteiger partial charge on any atom is 0.248 e. The zero-order valence-electron chi connectivity index (χ0n) is 15.9. The van der Waals surface area contributed by atoms with E-state index in [1.54, 1.807) is 4.90 Å². The second kappa shape index (κ2) is 6.08. The van der Waals surface area contributed by atoms with Gasteiger partial charge in [0.15, 0.2) is 0 Å². The van der Waals surface area contributed by atoms with Crippen molar-refractivity contribution in [1.29, 1.82) is 0 Å². The van der Waals surface area contributed by atoms with E-state index in [4.69, 9.17) is 4.98 Å². The van der Waals surface area contributed by atoms with Crippen molar-refractivity contribution in [3.8, 4) is 0 Å². The van der Waals surface area contributed by atoms with Gasteiger partial charge in [0.2, 0.25) is 11.8 Å². The third-order valence-electron chi connectivity index (χ3n) is 6.54. The zero-order chi connectivity index (χ0) is 18.6. The Labute approximate surface area is 159 Å². The molecule has 142 valence electrons. The van der Waals surface area contributed by atoms with E-state index in [1.807, 2.05) is 36.2 Å². The van der Waals surface area contributed by atoms with Crippen LogP contribution >= 0.6 is 0 Å². The number of likely N-dealkylation sites (tertiary alicyclic amines) is 2. The molecule has 27 heavy (non-hydrogen) atoms. The maximum absolute atomic E-state index is 13.4. The van der Waals surface area contributed by atoms with E-state index < -0.39 is 5.54 Å². The normalized spacial score (nSPS) is 25.7. The molecule has 0 bridgehead atoms. The lowest BCUT2D eigenvalue weighted by Crippen LogP contribution is -2.60. The molecule has 2 amide bonds. The van der Waals surface area contributed by atoms with Gasteiger partial charge in [-0.25, -0.2) is 4.98 Å². The summed E-state index contributed by atoms with van der Waals surface area (Å²) in [6.07, 6.45) is 5.76. The van der Waals surface area contributed by atoms with Crippen LogP contribution in [-0.2, 0) is 16.1 Å². The molecule has 6 nitrogen and oxygen atoms in total. The highest BCUT2D eigenvalue weighted by Gasteiger charge is 2.52. The summed E-state index contributed by atoms with van der Waals surface area (Å²) in [5, 5.41) is 0. The van der Waals surface area contributed by atoms with Gasteiger partial charge in [0.05, 0.1) is 11.0 Å². The fourth-order valence-electron chi connectivity index (χ4n) is 5.03. The molecule has 1 aliphatic carbocycles. The van der Waals surface area contributed by atoms with Crippen LogP contribution in [0.15, 0.2) is 24.3 Å². The van der Waals surface area contributed by atoms with Crippen LogP contribution in [0.25, 0.3) is 11.0 Å². The largest absolute Gasteiger partial charge is 0.344 e. The van der Waals surface area contributed by atoms with Crippen molar-refractivity contribution in [2.45, 2.75) is 56.5 Å². The van der Waals surface area contributed by atoms with Crippen LogP contribution in [0.2, 0.25) is 0 Å². The molecule has 1 atom stereocenters. The number of piperidine rings is 1. The molecular weight excluding hydrogens is 340 g/mol. The first-order valence-corrected chi connectivity index (χ1v) is 10.1. The number of hydrogen-bond acceptors (Lipinski definition) is 3. The smallest absolute Gasteiger partial charge is 0.248 e. The van der Waals surface area contributed by atoms with E-state index in [2.05, 4.69) is 4.57 Å². The highest BCUT2D eigenvalue weighted by Crippen LogP contribution is 2.41. The zero-order valence-corrected chi connectivity index (χ0v) is 15.9. The number of nitrogens with zero attached hydrogens (tertiary/aromatic N) is 4. The van der Waals surface area contributed by atoms with Crippen LogP contribution < -0.4 is 0 Å². The van der Waals surface area contributed by atoms with E-state index >= 15 is 0 Å². The number of rotatable bonds is 3. The molecule has 3 aliphatic rings. The molecule has 6 heteroatoms. The summed E-state index contributed by atoms with van der Waals surface area (Å²) in [5.74, 6) is 1.68. The Bertz CT molecular complexity index is 916. The first-order chi connectivity index (χ1) is 13.1. The Morgan fingerprint density at radius 3 is 2.70 bits per heavy atom. The van der Waals surface area contributed by atoms with E-state index in [9.17, 15) is 9.59 Å². The second-order valence-corrected chi connectivity index (χ2v) is 8.33. The van der Waals surface area contributed by atoms with Crippen LogP contribution in [0.5, 0.6) is 0 Å². The molecule has 2 aliphatic heterocycles. The van der Waals surface area contributed by atoms with E-state index in [0.717, 1.165) is 61.9 Å². The van der Waals surface area contributed by atoms with Gasteiger partial charge >= 0.3 is 0 Å². The summed E-state index contributed by atoms with van der Waals surface area (Å²) in [6, 6.07) is 8.04. The van der Waals surface area contributed by atoms with Gasteiger partial charge in [-0.15, -0.1) is 0 Å². The number of hydrogen-bond donors (Lipinski definition) is 0. The van der Waals surface area contributed by atoms with Gasteiger partial charge in [-0.1, -0.05) is 12.1 Å². The lowest BCUT2D eigenvalue weighted by Gasteiger charge is -2.43. The van der Waals surface area contributed by atoms with Crippen LogP contribution in [-0.4, -0.2) is 56.8 Å². The second-order valence-electron chi connectivity index (χ2n) is 8.33.